The smallest absolute Gasteiger partial charge is 0.193 e. The molecule has 3 heterocycles. The van der Waals surface area contributed by atoms with Gasteiger partial charge in [0.15, 0.2) is 5.96 Å². The van der Waals surface area contributed by atoms with Crippen LogP contribution in [0.1, 0.15) is 37.7 Å². The Hall–Kier alpha value is -0.870. The first-order valence-electron chi connectivity index (χ1n) is 9.96. The number of halogens is 1. The second-order valence-corrected chi connectivity index (χ2v) is 7.40. The monoisotopic (exact) mass is 490 g/mol. The molecule has 1 N–H and O–H groups in total. The lowest BCUT2D eigenvalue weighted by Crippen LogP contribution is -2.41. The predicted molar refractivity (Wildman–Crippen MR) is 120 cm³/mol. The van der Waals surface area contributed by atoms with E-state index >= 15 is 0 Å². The summed E-state index contributed by atoms with van der Waals surface area (Å²) in [4.78, 5) is 9.94. The van der Waals surface area contributed by atoms with E-state index in [2.05, 4.69) is 33.3 Å². The van der Waals surface area contributed by atoms with Crippen molar-refractivity contribution >= 4 is 29.9 Å². The van der Waals surface area contributed by atoms with E-state index in [1.54, 1.807) is 7.11 Å². The highest BCUT2D eigenvalue weighted by Crippen LogP contribution is 2.26. The van der Waals surface area contributed by atoms with Gasteiger partial charge in [-0.25, -0.2) is 0 Å². The van der Waals surface area contributed by atoms with Crippen LogP contribution in [0.5, 0.6) is 0 Å². The van der Waals surface area contributed by atoms with Gasteiger partial charge in [-0.15, -0.1) is 24.0 Å². The molecule has 2 fully saturated rings. The maximum absolute atomic E-state index is 5.25. The first kappa shape index (κ1) is 22.4. The van der Waals surface area contributed by atoms with Gasteiger partial charge in [-0.3, -0.25) is 14.6 Å². The summed E-state index contributed by atoms with van der Waals surface area (Å²) in [6, 6.07) is 0.551. The average Bonchev–Trinajstić information content (AvgIpc) is 3.37. The highest BCUT2D eigenvalue weighted by atomic mass is 127. The van der Waals surface area contributed by atoms with E-state index in [1.165, 1.54) is 31.4 Å². The summed E-state index contributed by atoms with van der Waals surface area (Å²) in [7, 11) is 3.76. The highest BCUT2D eigenvalue weighted by molar-refractivity contribution is 14.0. The zero-order valence-corrected chi connectivity index (χ0v) is 19.3. The van der Waals surface area contributed by atoms with Crippen LogP contribution in [-0.4, -0.2) is 84.6 Å². The summed E-state index contributed by atoms with van der Waals surface area (Å²) in [6.07, 6.45) is 7.83. The van der Waals surface area contributed by atoms with E-state index in [0.717, 1.165) is 45.3 Å². The lowest BCUT2D eigenvalue weighted by Gasteiger charge is -2.25. The number of hydrogen-bond acceptors (Lipinski definition) is 4. The molecule has 2 atom stereocenters. The van der Waals surface area contributed by atoms with Crippen LogP contribution < -0.4 is 5.32 Å². The van der Waals surface area contributed by atoms with Gasteiger partial charge in [0.2, 0.25) is 0 Å². The molecule has 0 aromatic carbocycles. The van der Waals surface area contributed by atoms with Crippen molar-refractivity contribution in [3.05, 3.63) is 18.0 Å². The molecule has 0 spiro atoms. The molecule has 2 aliphatic heterocycles. The lowest BCUT2D eigenvalue weighted by molar-refractivity contribution is 0.142. The van der Waals surface area contributed by atoms with Crippen molar-refractivity contribution in [2.45, 2.75) is 38.1 Å². The molecule has 7 nitrogen and oxygen atoms in total. The first-order chi connectivity index (χ1) is 12.7. The van der Waals surface area contributed by atoms with Crippen LogP contribution in [0.25, 0.3) is 0 Å². The fourth-order valence-electron chi connectivity index (χ4n) is 4.10. The molecular weight excluding hydrogens is 455 g/mol. The zero-order valence-electron chi connectivity index (χ0n) is 16.9. The number of nitrogens with one attached hydrogen (secondary N) is 1. The Kier molecular flexibility index (Phi) is 9.31. The van der Waals surface area contributed by atoms with Gasteiger partial charge >= 0.3 is 0 Å². The Morgan fingerprint density at radius 1 is 1.37 bits per heavy atom. The molecule has 1 aromatic rings. The summed E-state index contributed by atoms with van der Waals surface area (Å²) < 4.78 is 7.14. The van der Waals surface area contributed by atoms with Crippen molar-refractivity contribution in [2.75, 3.05) is 53.0 Å². The number of methoxy groups -OCH3 is 1. The van der Waals surface area contributed by atoms with Gasteiger partial charge in [-0.05, 0) is 38.3 Å². The van der Waals surface area contributed by atoms with E-state index in [0.29, 0.717) is 12.0 Å². The average molecular weight is 490 g/mol. The summed E-state index contributed by atoms with van der Waals surface area (Å²) in [5.74, 6) is 1.62. The highest BCUT2D eigenvalue weighted by Gasteiger charge is 2.28. The number of likely N-dealkylation sites (tertiary alicyclic amines) is 2. The predicted octanol–water partition coefficient (Wildman–Crippen LogP) is 1.90. The molecule has 0 bridgehead atoms. The molecular formula is C19H35IN6O. The standard InChI is InChI=1S/C19H34N6O.HI/c1-4-20-19(21-13-18-6-5-8-24(18)10-11-26-3)25-9-7-16(15-25)17-12-22-23(2)14-17;/h12,14,16,18H,4-11,13,15H2,1-3H3,(H,20,21);1H. The number of aryl methyl sites for hydroxylation is 1. The number of aromatic nitrogens is 2. The Labute approximate surface area is 180 Å². The third-order valence-electron chi connectivity index (χ3n) is 5.55. The van der Waals surface area contributed by atoms with Crippen molar-refractivity contribution in [3.8, 4) is 0 Å². The Morgan fingerprint density at radius 2 is 2.22 bits per heavy atom. The van der Waals surface area contributed by atoms with Gasteiger partial charge in [0.1, 0.15) is 0 Å². The van der Waals surface area contributed by atoms with Crippen LogP contribution in [-0.2, 0) is 11.8 Å². The third-order valence-corrected chi connectivity index (χ3v) is 5.55. The van der Waals surface area contributed by atoms with Gasteiger partial charge in [0.05, 0.1) is 19.3 Å². The largest absolute Gasteiger partial charge is 0.383 e. The summed E-state index contributed by atoms with van der Waals surface area (Å²) in [6.45, 7) is 9.00. The van der Waals surface area contributed by atoms with Gasteiger partial charge in [-0.1, -0.05) is 0 Å². The molecule has 0 amide bonds. The maximum Gasteiger partial charge on any atom is 0.193 e. The SMILES string of the molecule is CCNC(=NCC1CCCN1CCOC)N1CCC(c2cnn(C)c2)C1.I. The third kappa shape index (κ3) is 6.05. The van der Waals surface area contributed by atoms with Crippen LogP contribution in [0.3, 0.4) is 0 Å². The normalized spacial score (nSPS) is 23.7. The lowest BCUT2D eigenvalue weighted by atomic mass is 10.0. The zero-order chi connectivity index (χ0) is 18.4. The van der Waals surface area contributed by atoms with Crippen molar-refractivity contribution < 1.29 is 4.74 Å². The van der Waals surface area contributed by atoms with E-state index < -0.39 is 0 Å². The molecule has 3 rings (SSSR count). The van der Waals surface area contributed by atoms with Crippen LogP contribution in [0.2, 0.25) is 0 Å². The molecule has 1 aromatic heterocycles. The van der Waals surface area contributed by atoms with Crippen molar-refractivity contribution in [1.82, 2.24) is 24.9 Å². The van der Waals surface area contributed by atoms with Gasteiger partial charge in [0.25, 0.3) is 0 Å². The topological polar surface area (TPSA) is 57.9 Å². The number of hydrogen-bond donors (Lipinski definition) is 1. The fourth-order valence-corrected chi connectivity index (χ4v) is 4.10. The van der Waals surface area contributed by atoms with Gasteiger partial charge in [-0.2, -0.15) is 5.10 Å². The van der Waals surface area contributed by atoms with E-state index in [1.807, 2.05) is 17.9 Å². The number of aliphatic imine (C=N–C) groups is 1. The minimum atomic E-state index is 0. The number of ether oxygens (including phenoxy) is 1. The Balaban J connectivity index is 0.00000261. The van der Waals surface area contributed by atoms with E-state index in [9.17, 15) is 0 Å². The van der Waals surface area contributed by atoms with Crippen molar-refractivity contribution in [1.29, 1.82) is 0 Å². The minimum Gasteiger partial charge on any atom is -0.383 e. The van der Waals surface area contributed by atoms with Crippen LogP contribution in [0.4, 0.5) is 0 Å². The molecule has 154 valence electrons. The molecule has 0 saturated carbocycles. The van der Waals surface area contributed by atoms with Crippen LogP contribution in [0.15, 0.2) is 17.4 Å². The Bertz CT molecular complexity index is 593. The second-order valence-electron chi connectivity index (χ2n) is 7.40. The summed E-state index contributed by atoms with van der Waals surface area (Å²) in [5, 5.41) is 7.82. The fraction of sp³-hybridized carbons (Fsp3) is 0.789. The quantitative estimate of drug-likeness (QED) is 0.360. The molecule has 2 aliphatic rings. The summed E-state index contributed by atoms with van der Waals surface area (Å²) in [5.41, 5.74) is 1.34. The molecule has 2 saturated heterocycles. The first-order valence-corrected chi connectivity index (χ1v) is 9.96. The van der Waals surface area contributed by atoms with E-state index in [4.69, 9.17) is 9.73 Å². The van der Waals surface area contributed by atoms with Gasteiger partial charge in [0, 0.05) is 58.5 Å². The maximum atomic E-state index is 5.25. The van der Waals surface area contributed by atoms with E-state index in [-0.39, 0.29) is 24.0 Å². The molecule has 2 unspecified atom stereocenters. The van der Waals surface area contributed by atoms with Crippen molar-refractivity contribution in [2.24, 2.45) is 12.0 Å². The number of guanidine groups is 1. The van der Waals surface area contributed by atoms with Crippen molar-refractivity contribution in [3.63, 3.8) is 0 Å². The molecule has 0 aliphatic carbocycles. The van der Waals surface area contributed by atoms with Gasteiger partial charge < -0.3 is 15.0 Å². The summed E-state index contributed by atoms with van der Waals surface area (Å²) >= 11 is 0. The minimum absolute atomic E-state index is 0. The number of nitrogens with zero attached hydrogens (tertiary/aromatic N) is 5. The number of rotatable bonds is 7. The van der Waals surface area contributed by atoms with Crippen LogP contribution in [0, 0.1) is 0 Å². The van der Waals surface area contributed by atoms with Crippen LogP contribution >= 0.6 is 24.0 Å². The molecule has 27 heavy (non-hydrogen) atoms. The molecule has 8 heteroatoms. The Morgan fingerprint density at radius 3 is 2.93 bits per heavy atom. The molecule has 0 radical (unpaired) electrons. The second kappa shape index (κ2) is 11.2.